The Morgan fingerprint density at radius 2 is 1.70 bits per heavy atom. The van der Waals surface area contributed by atoms with Crippen LogP contribution in [0.4, 0.5) is 0 Å². The molecule has 27 heavy (non-hydrogen) atoms. The van der Waals surface area contributed by atoms with Gasteiger partial charge in [-0.2, -0.15) is 0 Å². The first-order chi connectivity index (χ1) is 13.0. The summed E-state index contributed by atoms with van der Waals surface area (Å²) in [7, 11) is 3.18. The first kappa shape index (κ1) is 22.2. The van der Waals surface area contributed by atoms with Gasteiger partial charge in [0.1, 0.15) is 5.75 Å². The van der Waals surface area contributed by atoms with Crippen LogP contribution in [-0.4, -0.2) is 40.0 Å². The van der Waals surface area contributed by atoms with Crippen LogP contribution in [-0.2, 0) is 9.47 Å². The topological polar surface area (TPSA) is 63.2 Å². The van der Waals surface area contributed by atoms with Crippen molar-refractivity contribution in [2.45, 2.75) is 6.92 Å². The van der Waals surface area contributed by atoms with E-state index in [1.807, 2.05) is 12.1 Å². The summed E-state index contributed by atoms with van der Waals surface area (Å²) in [4.78, 5) is 11.6. The van der Waals surface area contributed by atoms with Gasteiger partial charge in [-0.05, 0) is 76.4 Å². The molecule has 0 aliphatic carbocycles. The van der Waals surface area contributed by atoms with Crippen molar-refractivity contribution in [1.29, 1.82) is 0 Å². The molecule has 0 bridgehead atoms. The van der Waals surface area contributed by atoms with E-state index in [2.05, 4.69) is 45.2 Å². The average molecular weight is 598 g/mol. The molecule has 0 aliphatic heterocycles. The lowest BCUT2D eigenvalue weighted by Crippen LogP contribution is -2.08. The van der Waals surface area contributed by atoms with Gasteiger partial charge in [0.15, 0.2) is 29.8 Å². The Labute approximate surface area is 185 Å². The summed E-state index contributed by atoms with van der Waals surface area (Å²) in [5.41, 5.74) is 0.656. The summed E-state index contributed by atoms with van der Waals surface area (Å²) < 4.78 is 28.9. The molecule has 8 heteroatoms. The van der Waals surface area contributed by atoms with Gasteiger partial charge in [-0.1, -0.05) is 0 Å². The van der Waals surface area contributed by atoms with E-state index < -0.39 is 0 Å². The van der Waals surface area contributed by atoms with Crippen molar-refractivity contribution in [1.82, 2.24) is 0 Å². The second kappa shape index (κ2) is 11.0. The third kappa shape index (κ3) is 6.47. The van der Waals surface area contributed by atoms with Crippen LogP contribution in [0.1, 0.15) is 17.3 Å². The molecule has 0 spiro atoms. The molecule has 146 valence electrons. The van der Waals surface area contributed by atoms with Gasteiger partial charge >= 0.3 is 0 Å². The Hall–Kier alpha value is -1.11. The summed E-state index contributed by atoms with van der Waals surface area (Å²) in [5.74, 6) is 2.39. The zero-order chi connectivity index (χ0) is 19.8. The van der Waals surface area contributed by atoms with Crippen LogP contribution in [0.25, 0.3) is 0 Å². The Balaban J connectivity index is 2.17. The molecule has 0 saturated carbocycles. The standard InChI is InChI=1S/C19H20I2O6/c1-12(22)13-8-15(20)19(16(21)9-13)27-14-4-5-17(24-3)18(10-14)26-11-25-7-6-23-2/h4-5,8-10H,6-7,11H2,1-3H3. The quantitative estimate of drug-likeness (QED) is 0.168. The maximum atomic E-state index is 11.6. The van der Waals surface area contributed by atoms with Crippen molar-refractivity contribution < 1.29 is 28.5 Å². The number of hydrogen-bond donors (Lipinski definition) is 0. The number of benzene rings is 2. The molecule has 0 heterocycles. The van der Waals surface area contributed by atoms with Gasteiger partial charge in [0, 0.05) is 18.7 Å². The Kier molecular flexibility index (Phi) is 9.06. The van der Waals surface area contributed by atoms with E-state index in [9.17, 15) is 4.79 Å². The molecule has 2 rings (SSSR count). The monoisotopic (exact) mass is 598 g/mol. The van der Waals surface area contributed by atoms with Crippen LogP contribution < -0.4 is 14.2 Å². The van der Waals surface area contributed by atoms with E-state index in [1.165, 1.54) is 0 Å². The molecule has 0 saturated heterocycles. The van der Waals surface area contributed by atoms with E-state index in [1.54, 1.807) is 39.3 Å². The summed E-state index contributed by atoms with van der Waals surface area (Å²) in [6.45, 7) is 2.56. The van der Waals surface area contributed by atoms with Crippen LogP contribution in [0, 0.1) is 7.14 Å². The molecule has 0 atom stereocenters. The maximum absolute atomic E-state index is 11.6. The second-order valence-electron chi connectivity index (χ2n) is 5.40. The molecule has 0 aliphatic rings. The number of hydrogen-bond acceptors (Lipinski definition) is 6. The first-order valence-corrected chi connectivity index (χ1v) is 10.2. The Bertz CT molecular complexity index is 771. The predicted octanol–water partition coefficient (Wildman–Crippen LogP) is 4.90. The number of carbonyl (C=O) groups excluding carboxylic acids is 1. The highest BCUT2D eigenvalue weighted by molar-refractivity contribution is 14.1. The number of halogens is 2. The first-order valence-electron chi connectivity index (χ1n) is 8.01. The summed E-state index contributed by atoms with van der Waals surface area (Å²) in [5, 5.41) is 0. The number of Topliss-reactive ketones (excluding diaryl/α,β-unsaturated/α-hetero) is 1. The fourth-order valence-electron chi connectivity index (χ4n) is 2.12. The molecule has 0 fully saturated rings. The largest absolute Gasteiger partial charge is 0.493 e. The van der Waals surface area contributed by atoms with Crippen LogP contribution in [0.15, 0.2) is 30.3 Å². The molecule has 0 N–H and O–H groups in total. The molecule has 0 amide bonds. The van der Waals surface area contributed by atoms with Crippen molar-refractivity contribution in [2.24, 2.45) is 0 Å². The molecule has 0 unspecified atom stereocenters. The fraction of sp³-hybridized carbons (Fsp3) is 0.316. The molecular weight excluding hydrogens is 578 g/mol. The van der Waals surface area contributed by atoms with Gasteiger partial charge in [-0.15, -0.1) is 0 Å². The van der Waals surface area contributed by atoms with Crippen LogP contribution in [0.2, 0.25) is 0 Å². The summed E-state index contributed by atoms with van der Waals surface area (Å²) in [6, 6.07) is 8.92. The zero-order valence-corrected chi connectivity index (χ0v) is 19.5. The van der Waals surface area contributed by atoms with Crippen LogP contribution in [0.3, 0.4) is 0 Å². The lowest BCUT2D eigenvalue weighted by atomic mass is 10.1. The van der Waals surface area contributed by atoms with E-state index in [4.69, 9.17) is 23.7 Å². The van der Waals surface area contributed by atoms with Gasteiger partial charge < -0.3 is 23.7 Å². The van der Waals surface area contributed by atoms with Gasteiger partial charge in [-0.25, -0.2) is 0 Å². The minimum Gasteiger partial charge on any atom is -0.493 e. The van der Waals surface area contributed by atoms with Crippen molar-refractivity contribution in [3.63, 3.8) is 0 Å². The van der Waals surface area contributed by atoms with Crippen molar-refractivity contribution in [3.8, 4) is 23.0 Å². The highest BCUT2D eigenvalue weighted by atomic mass is 127. The Morgan fingerprint density at radius 1 is 1.00 bits per heavy atom. The number of rotatable bonds is 10. The highest BCUT2D eigenvalue weighted by Gasteiger charge is 2.14. The molecule has 0 radical (unpaired) electrons. The maximum Gasteiger partial charge on any atom is 0.189 e. The fourth-order valence-corrected chi connectivity index (χ4v) is 4.11. The number of ether oxygens (including phenoxy) is 5. The third-order valence-electron chi connectivity index (χ3n) is 3.49. The molecule has 6 nitrogen and oxygen atoms in total. The zero-order valence-electron chi connectivity index (χ0n) is 15.2. The van der Waals surface area contributed by atoms with Crippen molar-refractivity contribution in [3.05, 3.63) is 43.0 Å². The van der Waals surface area contributed by atoms with Gasteiger partial charge in [0.25, 0.3) is 0 Å². The predicted molar refractivity (Wildman–Crippen MR) is 118 cm³/mol. The van der Waals surface area contributed by atoms with Gasteiger partial charge in [0.2, 0.25) is 0 Å². The lowest BCUT2D eigenvalue weighted by Gasteiger charge is -2.15. The minimum atomic E-state index is 0.0194. The SMILES string of the molecule is COCCOCOc1cc(Oc2c(I)cc(C(C)=O)cc2I)ccc1OC. The molecule has 2 aromatic rings. The van der Waals surface area contributed by atoms with E-state index in [0.717, 1.165) is 7.14 Å². The lowest BCUT2D eigenvalue weighted by molar-refractivity contribution is -0.00950. The van der Waals surface area contributed by atoms with Gasteiger partial charge in [-0.3, -0.25) is 4.79 Å². The van der Waals surface area contributed by atoms with Crippen LogP contribution >= 0.6 is 45.2 Å². The minimum absolute atomic E-state index is 0.0194. The van der Waals surface area contributed by atoms with E-state index >= 15 is 0 Å². The second-order valence-corrected chi connectivity index (χ2v) is 7.73. The van der Waals surface area contributed by atoms with E-state index in [-0.39, 0.29) is 12.6 Å². The normalized spacial score (nSPS) is 10.6. The Morgan fingerprint density at radius 3 is 2.30 bits per heavy atom. The molecular formula is C19H20I2O6. The summed E-state index contributed by atoms with van der Waals surface area (Å²) >= 11 is 4.32. The van der Waals surface area contributed by atoms with E-state index in [0.29, 0.717) is 41.8 Å². The average Bonchev–Trinajstić information content (AvgIpc) is 2.64. The highest BCUT2D eigenvalue weighted by Crippen LogP contribution is 2.37. The number of ketones is 1. The third-order valence-corrected chi connectivity index (χ3v) is 5.09. The smallest absolute Gasteiger partial charge is 0.189 e. The summed E-state index contributed by atoms with van der Waals surface area (Å²) in [6.07, 6.45) is 0. The number of carbonyl (C=O) groups is 1. The van der Waals surface area contributed by atoms with Crippen LogP contribution in [0.5, 0.6) is 23.0 Å². The van der Waals surface area contributed by atoms with Crippen molar-refractivity contribution in [2.75, 3.05) is 34.2 Å². The molecule has 0 aromatic heterocycles. The number of methoxy groups -OCH3 is 2. The van der Waals surface area contributed by atoms with Crippen molar-refractivity contribution >= 4 is 51.0 Å². The van der Waals surface area contributed by atoms with Gasteiger partial charge in [0.05, 0.1) is 27.5 Å². The molecule has 2 aromatic carbocycles.